The van der Waals surface area contributed by atoms with E-state index in [-0.39, 0.29) is 18.4 Å². The van der Waals surface area contributed by atoms with Crippen molar-refractivity contribution in [1.82, 2.24) is 5.32 Å². The number of carbonyl (C=O) groups is 1. The zero-order valence-electron chi connectivity index (χ0n) is 12.8. The van der Waals surface area contributed by atoms with E-state index in [0.717, 1.165) is 12.0 Å². The highest BCUT2D eigenvalue weighted by Crippen LogP contribution is 2.29. The predicted molar refractivity (Wildman–Crippen MR) is 92.0 cm³/mol. The van der Waals surface area contributed by atoms with Crippen molar-refractivity contribution in [1.29, 1.82) is 0 Å². The van der Waals surface area contributed by atoms with Crippen LogP contribution >= 0.6 is 22.9 Å². The van der Waals surface area contributed by atoms with Gasteiger partial charge >= 0.3 is 0 Å². The Hall–Kier alpha value is -1.52. The number of benzene rings is 1. The van der Waals surface area contributed by atoms with Gasteiger partial charge in [0, 0.05) is 22.9 Å². The number of amides is 1. The normalized spacial score (nSPS) is 12.0. The fraction of sp³-hybridized carbons (Fsp3) is 0.353. The van der Waals surface area contributed by atoms with Gasteiger partial charge in [0.15, 0.2) is 0 Å². The van der Waals surface area contributed by atoms with E-state index < -0.39 is 0 Å². The monoisotopic (exact) mass is 337 g/mol. The van der Waals surface area contributed by atoms with Crippen LogP contribution in [0.25, 0.3) is 0 Å². The largest absolute Gasteiger partial charge is 0.492 e. The molecular formula is C17H20ClNO2S. The minimum absolute atomic E-state index is 0.0210. The van der Waals surface area contributed by atoms with Crippen molar-refractivity contribution in [3.63, 3.8) is 0 Å². The van der Waals surface area contributed by atoms with E-state index in [0.29, 0.717) is 17.4 Å². The zero-order valence-corrected chi connectivity index (χ0v) is 14.3. The maximum Gasteiger partial charge on any atom is 0.224 e. The smallest absolute Gasteiger partial charge is 0.224 e. The van der Waals surface area contributed by atoms with Crippen LogP contribution in [-0.2, 0) is 17.6 Å². The van der Waals surface area contributed by atoms with Crippen LogP contribution in [0.5, 0.6) is 5.75 Å². The van der Waals surface area contributed by atoms with E-state index in [1.807, 2.05) is 37.4 Å². The lowest BCUT2D eigenvalue weighted by Gasteiger charge is -2.15. The quantitative estimate of drug-likeness (QED) is 0.826. The zero-order chi connectivity index (χ0) is 15.9. The number of hydrogen-bond donors (Lipinski definition) is 1. The Morgan fingerprint density at radius 2 is 2.18 bits per heavy atom. The number of para-hydroxylation sites is 1. The molecule has 3 nitrogen and oxygen atoms in total. The predicted octanol–water partition coefficient (Wildman–Crippen LogP) is 4.09. The Morgan fingerprint density at radius 3 is 2.86 bits per heavy atom. The highest BCUT2D eigenvalue weighted by Gasteiger charge is 2.14. The number of thiophene rings is 1. The molecule has 1 amide bonds. The van der Waals surface area contributed by atoms with Gasteiger partial charge in [-0.15, -0.1) is 11.3 Å². The molecule has 118 valence electrons. The molecule has 1 aromatic heterocycles. The highest BCUT2D eigenvalue weighted by atomic mass is 35.5. The maximum absolute atomic E-state index is 12.2. The second kappa shape index (κ2) is 8.20. The van der Waals surface area contributed by atoms with E-state index in [1.165, 1.54) is 4.88 Å². The Balaban J connectivity index is 1.95. The summed E-state index contributed by atoms with van der Waals surface area (Å²) >= 11 is 7.84. The summed E-state index contributed by atoms with van der Waals surface area (Å²) < 4.78 is 5.55. The van der Waals surface area contributed by atoms with Gasteiger partial charge in [0.1, 0.15) is 5.75 Å². The molecule has 0 bridgehead atoms. The number of halogens is 1. The third-order valence-electron chi connectivity index (χ3n) is 3.18. The Labute approximate surface area is 140 Å². The van der Waals surface area contributed by atoms with Gasteiger partial charge in [-0.2, -0.15) is 0 Å². The average Bonchev–Trinajstić information content (AvgIpc) is 2.95. The van der Waals surface area contributed by atoms with Crippen molar-refractivity contribution in [2.45, 2.75) is 32.7 Å². The minimum atomic E-state index is -0.0210. The molecule has 0 fully saturated rings. The second-order valence-corrected chi connectivity index (χ2v) is 6.53. The molecule has 0 aliphatic rings. The Morgan fingerprint density at radius 1 is 1.36 bits per heavy atom. The summed E-state index contributed by atoms with van der Waals surface area (Å²) in [5.74, 6) is 0.583. The molecule has 0 saturated heterocycles. The second-order valence-electron chi connectivity index (χ2n) is 5.09. The molecule has 2 aromatic rings. The number of nitrogens with one attached hydrogen (secondary N) is 1. The van der Waals surface area contributed by atoms with Crippen molar-refractivity contribution in [3.8, 4) is 5.75 Å². The van der Waals surface area contributed by atoms with E-state index in [4.69, 9.17) is 16.3 Å². The standard InChI is InChI=1S/C17H20ClNO2S/c1-3-21-17-13(6-4-8-15(17)18)11-16(20)19-12(2)10-14-7-5-9-22-14/h4-9,12H,3,10-11H2,1-2H3,(H,19,20)/t12-/m1/s1. The SMILES string of the molecule is CCOc1c(Cl)cccc1CC(=O)N[C@H](C)Cc1cccs1. The molecule has 0 aliphatic carbocycles. The first-order valence-electron chi connectivity index (χ1n) is 7.32. The molecule has 0 radical (unpaired) electrons. The summed E-state index contributed by atoms with van der Waals surface area (Å²) in [6, 6.07) is 9.68. The Kier molecular flexibility index (Phi) is 6.28. The van der Waals surface area contributed by atoms with Crippen molar-refractivity contribution >= 4 is 28.8 Å². The molecule has 2 rings (SSSR count). The maximum atomic E-state index is 12.2. The van der Waals surface area contributed by atoms with Crippen LogP contribution in [0, 0.1) is 0 Å². The van der Waals surface area contributed by atoms with E-state index in [9.17, 15) is 4.79 Å². The lowest BCUT2D eigenvalue weighted by atomic mass is 10.1. The van der Waals surface area contributed by atoms with E-state index in [2.05, 4.69) is 11.4 Å². The summed E-state index contributed by atoms with van der Waals surface area (Å²) in [6.45, 7) is 4.43. The molecule has 5 heteroatoms. The molecule has 1 aromatic carbocycles. The first-order valence-corrected chi connectivity index (χ1v) is 8.57. The van der Waals surface area contributed by atoms with Crippen molar-refractivity contribution in [2.75, 3.05) is 6.61 Å². The van der Waals surface area contributed by atoms with Crippen LogP contribution in [0.2, 0.25) is 5.02 Å². The van der Waals surface area contributed by atoms with Crippen LogP contribution in [-0.4, -0.2) is 18.6 Å². The van der Waals surface area contributed by atoms with Crippen LogP contribution in [0.15, 0.2) is 35.7 Å². The van der Waals surface area contributed by atoms with Crippen molar-refractivity contribution in [3.05, 3.63) is 51.2 Å². The van der Waals surface area contributed by atoms with Gasteiger partial charge in [0.2, 0.25) is 5.91 Å². The average molecular weight is 338 g/mol. The third-order valence-corrected chi connectivity index (χ3v) is 4.38. The molecule has 22 heavy (non-hydrogen) atoms. The number of rotatable bonds is 7. The molecular weight excluding hydrogens is 318 g/mol. The van der Waals surface area contributed by atoms with E-state index in [1.54, 1.807) is 17.4 Å². The molecule has 1 heterocycles. The minimum Gasteiger partial charge on any atom is -0.492 e. The van der Waals surface area contributed by atoms with Gasteiger partial charge in [0.25, 0.3) is 0 Å². The fourth-order valence-electron chi connectivity index (χ4n) is 2.28. The first kappa shape index (κ1) is 16.8. The van der Waals surface area contributed by atoms with Crippen molar-refractivity contribution in [2.24, 2.45) is 0 Å². The third kappa shape index (κ3) is 4.75. The topological polar surface area (TPSA) is 38.3 Å². The first-order chi connectivity index (χ1) is 10.6. The number of carbonyl (C=O) groups excluding carboxylic acids is 1. The molecule has 0 saturated carbocycles. The van der Waals surface area contributed by atoms with Gasteiger partial charge in [-0.25, -0.2) is 0 Å². The lowest BCUT2D eigenvalue weighted by Crippen LogP contribution is -2.35. The van der Waals surface area contributed by atoms with Gasteiger partial charge < -0.3 is 10.1 Å². The molecule has 0 aliphatic heterocycles. The summed E-state index contributed by atoms with van der Waals surface area (Å²) in [5, 5.41) is 5.61. The summed E-state index contributed by atoms with van der Waals surface area (Å²) in [4.78, 5) is 13.5. The van der Waals surface area contributed by atoms with Crippen LogP contribution in [0.1, 0.15) is 24.3 Å². The fourth-order valence-corrected chi connectivity index (χ4v) is 3.36. The van der Waals surface area contributed by atoms with Gasteiger partial charge in [-0.1, -0.05) is 29.8 Å². The molecule has 0 unspecified atom stereocenters. The van der Waals surface area contributed by atoms with E-state index >= 15 is 0 Å². The highest BCUT2D eigenvalue weighted by molar-refractivity contribution is 7.09. The molecule has 0 spiro atoms. The van der Waals surface area contributed by atoms with Crippen LogP contribution < -0.4 is 10.1 Å². The van der Waals surface area contributed by atoms with Crippen LogP contribution in [0.4, 0.5) is 0 Å². The number of hydrogen-bond acceptors (Lipinski definition) is 3. The van der Waals surface area contributed by atoms with Gasteiger partial charge in [-0.3, -0.25) is 4.79 Å². The van der Waals surface area contributed by atoms with Crippen molar-refractivity contribution < 1.29 is 9.53 Å². The lowest BCUT2D eigenvalue weighted by molar-refractivity contribution is -0.121. The van der Waals surface area contributed by atoms with Crippen LogP contribution in [0.3, 0.4) is 0 Å². The molecule has 1 N–H and O–H groups in total. The molecule has 1 atom stereocenters. The summed E-state index contributed by atoms with van der Waals surface area (Å²) in [5.41, 5.74) is 0.815. The van der Waals surface area contributed by atoms with Gasteiger partial charge in [-0.05, 0) is 31.4 Å². The van der Waals surface area contributed by atoms with Gasteiger partial charge in [0.05, 0.1) is 18.1 Å². The number of ether oxygens (including phenoxy) is 1. The summed E-state index contributed by atoms with van der Waals surface area (Å²) in [6.07, 6.45) is 1.11. The Bertz CT molecular complexity index is 613. The summed E-state index contributed by atoms with van der Waals surface area (Å²) in [7, 11) is 0.